The molecule has 118 valence electrons. The molecule has 1 fully saturated rings. The van der Waals surface area contributed by atoms with Gasteiger partial charge < -0.3 is 5.11 Å². The number of fused-ring (bicyclic) bond motifs is 1. The van der Waals surface area contributed by atoms with E-state index < -0.39 is 15.4 Å². The van der Waals surface area contributed by atoms with Crippen molar-refractivity contribution in [1.82, 2.24) is 9.55 Å². The van der Waals surface area contributed by atoms with Gasteiger partial charge in [-0.05, 0) is 40.9 Å². The highest BCUT2D eigenvalue weighted by Crippen LogP contribution is 2.25. The number of benzene rings is 1. The Morgan fingerprint density at radius 2 is 2.00 bits per heavy atom. The van der Waals surface area contributed by atoms with Gasteiger partial charge in [-0.1, -0.05) is 6.07 Å². The summed E-state index contributed by atoms with van der Waals surface area (Å²) in [5.74, 6) is -0.102. The van der Waals surface area contributed by atoms with Crippen molar-refractivity contribution in [3.63, 3.8) is 0 Å². The number of sulfone groups is 1. The molecule has 1 aromatic heterocycles. The van der Waals surface area contributed by atoms with Crippen molar-refractivity contribution in [2.24, 2.45) is 0 Å². The van der Waals surface area contributed by atoms with Gasteiger partial charge in [0.15, 0.2) is 9.84 Å². The van der Waals surface area contributed by atoms with E-state index in [1.54, 1.807) is 18.2 Å². The molecule has 0 amide bonds. The summed E-state index contributed by atoms with van der Waals surface area (Å²) >= 11 is 3.35. The number of aliphatic hydroxyl groups is 1. The van der Waals surface area contributed by atoms with E-state index in [-0.39, 0.29) is 36.5 Å². The monoisotopic (exact) mass is 386 g/mol. The zero-order valence-electron chi connectivity index (χ0n) is 11.7. The van der Waals surface area contributed by atoms with E-state index in [0.717, 1.165) is 4.47 Å². The average molecular weight is 387 g/mol. The Morgan fingerprint density at radius 1 is 1.32 bits per heavy atom. The Morgan fingerprint density at radius 3 is 2.68 bits per heavy atom. The normalized spacial score (nSPS) is 20.1. The van der Waals surface area contributed by atoms with Crippen molar-refractivity contribution < 1.29 is 13.5 Å². The molecule has 1 saturated heterocycles. The lowest BCUT2D eigenvalue weighted by molar-refractivity contribution is 0.0122. The van der Waals surface area contributed by atoms with E-state index in [1.807, 2.05) is 0 Å². The van der Waals surface area contributed by atoms with Crippen LogP contribution in [0.5, 0.6) is 0 Å². The second-order valence-electron chi connectivity index (χ2n) is 5.69. The molecular weight excluding hydrogens is 372 g/mol. The summed E-state index contributed by atoms with van der Waals surface area (Å²) in [6.45, 7) is 0.0524. The third-order valence-electron chi connectivity index (χ3n) is 4.03. The minimum absolute atomic E-state index is 0.0508. The maximum absolute atomic E-state index is 12.5. The van der Waals surface area contributed by atoms with Crippen LogP contribution in [0.2, 0.25) is 0 Å². The zero-order chi connectivity index (χ0) is 16.0. The van der Waals surface area contributed by atoms with Gasteiger partial charge in [0.2, 0.25) is 0 Å². The van der Waals surface area contributed by atoms with Crippen LogP contribution in [0.25, 0.3) is 10.9 Å². The third kappa shape index (κ3) is 2.95. The Balaban J connectivity index is 1.95. The van der Waals surface area contributed by atoms with Crippen molar-refractivity contribution >= 4 is 36.7 Å². The van der Waals surface area contributed by atoms with E-state index in [9.17, 15) is 18.3 Å². The SMILES string of the molecule is O=c1c2cccc(Br)c2ncn1CC1(O)CCS(=O)(=O)CC1. The molecule has 8 heteroatoms. The van der Waals surface area contributed by atoms with Crippen molar-refractivity contribution in [3.05, 3.63) is 39.4 Å². The van der Waals surface area contributed by atoms with E-state index >= 15 is 0 Å². The van der Waals surface area contributed by atoms with E-state index in [0.29, 0.717) is 10.9 Å². The Kier molecular flexibility index (Phi) is 3.86. The average Bonchev–Trinajstić information content (AvgIpc) is 2.47. The highest BCUT2D eigenvalue weighted by atomic mass is 79.9. The molecule has 0 aliphatic carbocycles. The van der Waals surface area contributed by atoms with Gasteiger partial charge in [-0.3, -0.25) is 9.36 Å². The van der Waals surface area contributed by atoms with E-state index in [2.05, 4.69) is 20.9 Å². The van der Waals surface area contributed by atoms with Gasteiger partial charge >= 0.3 is 0 Å². The fraction of sp³-hybridized carbons (Fsp3) is 0.429. The maximum atomic E-state index is 12.5. The standard InChI is InChI=1S/C14H15BrN2O4S/c15-11-3-1-2-10-12(11)16-9-17(13(10)18)8-14(19)4-6-22(20,21)7-5-14/h1-3,9,19H,4-8H2. The van der Waals surface area contributed by atoms with Crippen LogP contribution in [0.4, 0.5) is 0 Å². The summed E-state index contributed by atoms with van der Waals surface area (Å²) in [6.07, 6.45) is 1.67. The van der Waals surface area contributed by atoms with E-state index in [1.165, 1.54) is 10.9 Å². The summed E-state index contributed by atoms with van der Waals surface area (Å²) in [5, 5.41) is 11.0. The number of aromatic nitrogens is 2. The molecule has 0 saturated carbocycles. The number of rotatable bonds is 2. The molecule has 3 rings (SSSR count). The first-order valence-electron chi connectivity index (χ1n) is 6.86. The molecular formula is C14H15BrN2O4S. The van der Waals surface area contributed by atoms with Crippen molar-refractivity contribution in [2.45, 2.75) is 25.0 Å². The minimum Gasteiger partial charge on any atom is -0.388 e. The second kappa shape index (κ2) is 5.43. The molecule has 1 aliphatic rings. The Bertz CT molecular complexity index is 877. The molecule has 2 aromatic rings. The van der Waals surface area contributed by atoms with Crippen LogP contribution in [0.1, 0.15) is 12.8 Å². The molecule has 0 unspecified atom stereocenters. The van der Waals surface area contributed by atoms with Crippen molar-refractivity contribution in [2.75, 3.05) is 11.5 Å². The summed E-state index contributed by atoms with van der Waals surface area (Å²) < 4.78 is 25.0. The largest absolute Gasteiger partial charge is 0.388 e. The van der Waals surface area contributed by atoms with Crippen LogP contribution in [0, 0.1) is 0 Å². The van der Waals surface area contributed by atoms with E-state index in [4.69, 9.17) is 0 Å². The van der Waals surface area contributed by atoms with Gasteiger partial charge in [-0.15, -0.1) is 0 Å². The van der Waals surface area contributed by atoms with Gasteiger partial charge in [0.25, 0.3) is 5.56 Å². The third-order valence-corrected chi connectivity index (χ3v) is 6.32. The molecule has 0 bridgehead atoms. The first-order valence-corrected chi connectivity index (χ1v) is 9.48. The molecule has 0 radical (unpaired) electrons. The van der Waals surface area contributed by atoms with Gasteiger partial charge in [0, 0.05) is 4.47 Å². The molecule has 0 spiro atoms. The zero-order valence-corrected chi connectivity index (χ0v) is 14.1. The lowest BCUT2D eigenvalue weighted by Crippen LogP contribution is -2.44. The van der Waals surface area contributed by atoms with Crippen LogP contribution in [0.15, 0.2) is 33.8 Å². The lowest BCUT2D eigenvalue weighted by atomic mass is 9.97. The predicted molar refractivity (Wildman–Crippen MR) is 86.5 cm³/mol. The Hall–Kier alpha value is -1.25. The molecule has 1 N–H and O–H groups in total. The van der Waals surface area contributed by atoms with Crippen molar-refractivity contribution in [1.29, 1.82) is 0 Å². The van der Waals surface area contributed by atoms with Gasteiger partial charge in [-0.25, -0.2) is 13.4 Å². The topological polar surface area (TPSA) is 89.3 Å². The first-order chi connectivity index (χ1) is 10.3. The van der Waals surface area contributed by atoms with Crippen LogP contribution in [-0.2, 0) is 16.4 Å². The Labute approximate surface area is 135 Å². The molecule has 0 atom stereocenters. The van der Waals surface area contributed by atoms with Gasteiger partial charge in [-0.2, -0.15) is 0 Å². The fourth-order valence-electron chi connectivity index (χ4n) is 2.66. The second-order valence-corrected chi connectivity index (χ2v) is 8.85. The fourth-order valence-corrected chi connectivity index (χ4v) is 4.71. The van der Waals surface area contributed by atoms with Crippen molar-refractivity contribution in [3.8, 4) is 0 Å². The molecule has 1 aromatic carbocycles. The minimum atomic E-state index is -3.07. The first kappa shape index (κ1) is 15.6. The molecule has 1 aliphatic heterocycles. The number of hydrogen-bond acceptors (Lipinski definition) is 5. The summed E-state index contributed by atoms with van der Waals surface area (Å²) in [4.78, 5) is 16.8. The van der Waals surface area contributed by atoms with Crippen LogP contribution < -0.4 is 5.56 Å². The predicted octanol–water partition coefficient (Wildman–Crippen LogP) is 1.10. The summed E-state index contributed by atoms with van der Waals surface area (Å²) in [7, 11) is -3.07. The maximum Gasteiger partial charge on any atom is 0.261 e. The number of halogens is 1. The molecule has 6 nitrogen and oxygen atoms in total. The summed E-state index contributed by atoms with van der Waals surface area (Å²) in [6, 6.07) is 5.24. The number of para-hydroxylation sites is 1. The van der Waals surface area contributed by atoms with Gasteiger partial charge in [0.1, 0.15) is 0 Å². The molecule has 22 heavy (non-hydrogen) atoms. The number of nitrogens with zero attached hydrogens (tertiary/aromatic N) is 2. The van der Waals surface area contributed by atoms with Gasteiger partial charge in [0.05, 0.1) is 40.9 Å². The van der Waals surface area contributed by atoms with Crippen LogP contribution >= 0.6 is 15.9 Å². The molecule has 2 heterocycles. The highest BCUT2D eigenvalue weighted by molar-refractivity contribution is 9.10. The van der Waals surface area contributed by atoms with Crippen LogP contribution in [0.3, 0.4) is 0 Å². The van der Waals surface area contributed by atoms with Crippen LogP contribution in [-0.4, -0.2) is 40.2 Å². The summed E-state index contributed by atoms with van der Waals surface area (Å²) in [5.41, 5.74) is -0.855. The quantitative estimate of drug-likeness (QED) is 0.834. The lowest BCUT2D eigenvalue weighted by Gasteiger charge is -2.32. The number of hydrogen-bond donors (Lipinski definition) is 1. The highest BCUT2D eigenvalue weighted by Gasteiger charge is 2.36. The smallest absolute Gasteiger partial charge is 0.261 e.